The molecular weight excluding hydrogens is 432 g/mol. The SMILES string of the molecule is CCCCCCCCCC1CCC(CCc2ccc(CCC3CCC(CCC)CC3)c(C)c2C)CC1. The van der Waals surface area contributed by atoms with E-state index in [2.05, 4.69) is 39.8 Å². The summed E-state index contributed by atoms with van der Waals surface area (Å²) in [6.07, 6.45) is 32.0. The molecule has 0 amide bonds. The van der Waals surface area contributed by atoms with Gasteiger partial charge in [0.05, 0.1) is 0 Å². The summed E-state index contributed by atoms with van der Waals surface area (Å²) >= 11 is 0. The summed E-state index contributed by atoms with van der Waals surface area (Å²) in [7, 11) is 0. The molecule has 36 heavy (non-hydrogen) atoms. The quantitative estimate of drug-likeness (QED) is 0.200. The van der Waals surface area contributed by atoms with Crippen molar-refractivity contribution in [3.05, 3.63) is 34.4 Å². The van der Waals surface area contributed by atoms with Crippen molar-refractivity contribution in [2.75, 3.05) is 0 Å². The van der Waals surface area contributed by atoms with E-state index in [0.29, 0.717) is 0 Å². The van der Waals surface area contributed by atoms with Crippen molar-refractivity contribution in [1.29, 1.82) is 0 Å². The lowest BCUT2D eigenvalue weighted by atomic mass is 9.77. The maximum absolute atomic E-state index is 2.50. The van der Waals surface area contributed by atoms with Gasteiger partial charge in [0.25, 0.3) is 0 Å². The van der Waals surface area contributed by atoms with Crippen LogP contribution in [0.2, 0.25) is 0 Å². The number of hydrogen-bond acceptors (Lipinski definition) is 0. The zero-order chi connectivity index (χ0) is 25.6. The van der Waals surface area contributed by atoms with Gasteiger partial charge in [0, 0.05) is 0 Å². The van der Waals surface area contributed by atoms with Crippen LogP contribution in [0.3, 0.4) is 0 Å². The molecule has 2 aliphatic carbocycles. The van der Waals surface area contributed by atoms with Gasteiger partial charge >= 0.3 is 0 Å². The average molecular weight is 495 g/mol. The number of benzene rings is 1. The summed E-state index contributed by atoms with van der Waals surface area (Å²) in [5, 5.41) is 0. The fraction of sp³-hybridized carbons (Fsp3) is 0.833. The van der Waals surface area contributed by atoms with Crippen LogP contribution in [0.4, 0.5) is 0 Å². The first-order valence-corrected chi connectivity index (χ1v) is 16.7. The third kappa shape index (κ3) is 10.2. The van der Waals surface area contributed by atoms with Crippen LogP contribution in [-0.2, 0) is 12.8 Å². The highest BCUT2D eigenvalue weighted by atomic mass is 14.3. The van der Waals surface area contributed by atoms with Crippen molar-refractivity contribution in [2.24, 2.45) is 23.7 Å². The zero-order valence-electron chi connectivity index (χ0n) is 25.0. The van der Waals surface area contributed by atoms with Crippen molar-refractivity contribution >= 4 is 0 Å². The molecule has 2 aliphatic rings. The molecule has 0 aromatic heterocycles. The number of aryl methyl sites for hydroxylation is 2. The molecule has 0 radical (unpaired) electrons. The van der Waals surface area contributed by atoms with Crippen molar-refractivity contribution < 1.29 is 0 Å². The van der Waals surface area contributed by atoms with Crippen molar-refractivity contribution in [1.82, 2.24) is 0 Å². The Kier molecular flexibility index (Phi) is 14.0. The maximum Gasteiger partial charge on any atom is -0.0274 e. The van der Waals surface area contributed by atoms with Crippen LogP contribution in [0.1, 0.15) is 165 Å². The molecule has 0 unspecified atom stereocenters. The lowest BCUT2D eigenvalue weighted by molar-refractivity contribution is 0.248. The normalized spacial score (nSPS) is 24.8. The predicted octanol–water partition coefficient (Wildman–Crippen LogP) is 11.7. The first kappa shape index (κ1) is 29.8. The second-order valence-corrected chi connectivity index (χ2v) is 13.2. The molecule has 0 aliphatic heterocycles. The molecule has 2 fully saturated rings. The second-order valence-electron chi connectivity index (χ2n) is 13.2. The summed E-state index contributed by atoms with van der Waals surface area (Å²) in [4.78, 5) is 0. The third-order valence-electron chi connectivity index (χ3n) is 10.5. The van der Waals surface area contributed by atoms with Gasteiger partial charge in [-0.05, 0) is 85.5 Å². The van der Waals surface area contributed by atoms with E-state index < -0.39 is 0 Å². The van der Waals surface area contributed by atoms with E-state index in [-0.39, 0.29) is 0 Å². The summed E-state index contributed by atoms with van der Waals surface area (Å²) in [5.74, 6) is 4.05. The number of hydrogen-bond donors (Lipinski definition) is 0. The lowest BCUT2D eigenvalue weighted by Gasteiger charge is -2.29. The van der Waals surface area contributed by atoms with E-state index in [1.54, 1.807) is 22.3 Å². The Labute approximate surface area is 226 Å². The highest BCUT2D eigenvalue weighted by Gasteiger charge is 2.22. The Morgan fingerprint density at radius 3 is 1.31 bits per heavy atom. The third-order valence-corrected chi connectivity index (χ3v) is 10.5. The number of rotatable bonds is 16. The first-order chi connectivity index (χ1) is 17.6. The molecule has 206 valence electrons. The van der Waals surface area contributed by atoms with Crippen LogP contribution in [0.5, 0.6) is 0 Å². The summed E-state index contributed by atoms with van der Waals surface area (Å²) in [6, 6.07) is 5.00. The van der Waals surface area contributed by atoms with Gasteiger partial charge in [-0.3, -0.25) is 0 Å². The van der Waals surface area contributed by atoms with Crippen molar-refractivity contribution in [3.8, 4) is 0 Å². The standard InChI is InChI=1S/C36H62/c1-5-7-8-9-10-11-12-14-32-17-21-34(22-18-32)24-26-36-28-27-35(29(3)30(36)4)25-23-33-19-15-31(13-6-2)16-20-33/h27-28,31-34H,5-26H2,1-4H3. The Hall–Kier alpha value is -0.780. The maximum atomic E-state index is 2.50. The van der Waals surface area contributed by atoms with E-state index in [0.717, 1.165) is 23.7 Å². The van der Waals surface area contributed by atoms with Gasteiger partial charge in [-0.15, -0.1) is 0 Å². The van der Waals surface area contributed by atoms with Gasteiger partial charge in [0.15, 0.2) is 0 Å². The summed E-state index contributed by atoms with van der Waals surface area (Å²) in [5.41, 5.74) is 6.48. The van der Waals surface area contributed by atoms with Crippen LogP contribution < -0.4 is 0 Å². The first-order valence-electron chi connectivity index (χ1n) is 16.7. The molecule has 0 saturated heterocycles. The van der Waals surface area contributed by atoms with E-state index in [1.807, 2.05) is 0 Å². The van der Waals surface area contributed by atoms with E-state index >= 15 is 0 Å². The molecule has 1 aromatic rings. The molecule has 2 saturated carbocycles. The molecule has 3 rings (SSSR count). The Bertz CT molecular complexity index is 699. The minimum atomic E-state index is 0.984. The Morgan fingerprint density at radius 1 is 0.472 bits per heavy atom. The molecule has 0 bridgehead atoms. The topological polar surface area (TPSA) is 0 Å². The van der Waals surface area contributed by atoms with E-state index in [9.17, 15) is 0 Å². The van der Waals surface area contributed by atoms with E-state index in [1.165, 1.54) is 141 Å². The van der Waals surface area contributed by atoms with Crippen LogP contribution in [-0.4, -0.2) is 0 Å². The molecule has 0 spiro atoms. The minimum absolute atomic E-state index is 0.984. The molecule has 0 N–H and O–H groups in total. The molecule has 0 atom stereocenters. The monoisotopic (exact) mass is 494 g/mol. The highest BCUT2D eigenvalue weighted by molar-refractivity contribution is 5.39. The predicted molar refractivity (Wildman–Crippen MR) is 161 cm³/mol. The Balaban J connectivity index is 1.31. The smallest absolute Gasteiger partial charge is 0.0274 e. The van der Waals surface area contributed by atoms with Gasteiger partial charge in [-0.2, -0.15) is 0 Å². The zero-order valence-corrected chi connectivity index (χ0v) is 25.0. The van der Waals surface area contributed by atoms with E-state index in [4.69, 9.17) is 0 Å². The van der Waals surface area contributed by atoms with Crippen LogP contribution in [0.15, 0.2) is 12.1 Å². The second kappa shape index (κ2) is 16.9. The van der Waals surface area contributed by atoms with Crippen LogP contribution >= 0.6 is 0 Å². The fourth-order valence-electron chi connectivity index (χ4n) is 7.61. The van der Waals surface area contributed by atoms with Gasteiger partial charge in [0.2, 0.25) is 0 Å². The van der Waals surface area contributed by atoms with Gasteiger partial charge in [-0.1, -0.05) is 142 Å². The average Bonchev–Trinajstić information content (AvgIpc) is 2.90. The van der Waals surface area contributed by atoms with Crippen molar-refractivity contribution in [3.63, 3.8) is 0 Å². The summed E-state index contributed by atoms with van der Waals surface area (Å²) in [6.45, 7) is 9.48. The largest absolute Gasteiger partial charge is 0.0654 e. The molecule has 0 heterocycles. The molecular formula is C36H62. The minimum Gasteiger partial charge on any atom is -0.0654 e. The van der Waals surface area contributed by atoms with Crippen molar-refractivity contribution in [2.45, 2.75) is 169 Å². The fourth-order valence-corrected chi connectivity index (χ4v) is 7.61. The lowest BCUT2D eigenvalue weighted by Crippen LogP contribution is -2.16. The summed E-state index contributed by atoms with van der Waals surface area (Å²) < 4.78 is 0. The van der Waals surface area contributed by atoms with Gasteiger partial charge < -0.3 is 0 Å². The molecule has 0 nitrogen and oxygen atoms in total. The van der Waals surface area contributed by atoms with Gasteiger partial charge in [-0.25, -0.2) is 0 Å². The molecule has 0 heteroatoms. The highest BCUT2D eigenvalue weighted by Crippen LogP contribution is 2.36. The number of unbranched alkanes of at least 4 members (excludes halogenated alkanes) is 6. The van der Waals surface area contributed by atoms with Gasteiger partial charge in [0.1, 0.15) is 0 Å². The Morgan fingerprint density at radius 2 is 0.861 bits per heavy atom. The molecule has 1 aromatic carbocycles. The van der Waals surface area contributed by atoms with Crippen LogP contribution in [0, 0.1) is 37.5 Å². The van der Waals surface area contributed by atoms with Crippen LogP contribution in [0.25, 0.3) is 0 Å².